The van der Waals surface area contributed by atoms with Crippen LogP contribution in [0.15, 0.2) is 34.4 Å². The standard InChI is InChI=1S/C12H12BrN3S2/c1-16(6-9-4-8(13)7-18-9)11-5-15-3-2-10(11)12(14)17/h2-5,7H,6H2,1H3,(H2,14,17). The fourth-order valence-electron chi connectivity index (χ4n) is 1.65. The van der Waals surface area contributed by atoms with Gasteiger partial charge in [-0.1, -0.05) is 12.2 Å². The lowest BCUT2D eigenvalue weighted by Gasteiger charge is -2.20. The highest BCUT2D eigenvalue weighted by atomic mass is 79.9. The molecule has 0 radical (unpaired) electrons. The largest absolute Gasteiger partial charge is 0.389 e. The van der Waals surface area contributed by atoms with Crippen molar-refractivity contribution in [2.24, 2.45) is 5.73 Å². The van der Waals surface area contributed by atoms with E-state index in [0.717, 1.165) is 22.3 Å². The molecule has 0 bridgehead atoms. The van der Waals surface area contributed by atoms with Crippen molar-refractivity contribution in [1.82, 2.24) is 4.98 Å². The van der Waals surface area contributed by atoms with E-state index in [1.807, 2.05) is 13.1 Å². The van der Waals surface area contributed by atoms with Gasteiger partial charge in [0.2, 0.25) is 0 Å². The molecule has 0 aliphatic heterocycles. The minimum atomic E-state index is 0.395. The number of nitrogens with zero attached hydrogens (tertiary/aromatic N) is 2. The summed E-state index contributed by atoms with van der Waals surface area (Å²) in [5.41, 5.74) is 7.53. The predicted octanol–water partition coefficient (Wildman–Crippen LogP) is 3.18. The molecule has 18 heavy (non-hydrogen) atoms. The van der Waals surface area contributed by atoms with Crippen molar-refractivity contribution in [3.63, 3.8) is 0 Å². The lowest BCUT2D eigenvalue weighted by molar-refractivity contribution is 0.932. The number of pyridine rings is 1. The molecule has 0 saturated carbocycles. The topological polar surface area (TPSA) is 42.2 Å². The van der Waals surface area contributed by atoms with E-state index in [4.69, 9.17) is 18.0 Å². The summed E-state index contributed by atoms with van der Waals surface area (Å²) < 4.78 is 1.11. The molecule has 94 valence electrons. The van der Waals surface area contributed by atoms with E-state index in [-0.39, 0.29) is 0 Å². The molecule has 3 nitrogen and oxygen atoms in total. The van der Waals surface area contributed by atoms with Crippen LogP contribution in [0.5, 0.6) is 0 Å². The number of thiocarbonyl (C=S) groups is 1. The first-order chi connectivity index (χ1) is 8.58. The molecule has 2 rings (SSSR count). The third kappa shape index (κ3) is 3.07. The molecule has 2 heterocycles. The maximum atomic E-state index is 5.72. The molecule has 0 aliphatic rings. The van der Waals surface area contributed by atoms with Crippen LogP contribution in [0.1, 0.15) is 10.4 Å². The van der Waals surface area contributed by atoms with Crippen molar-refractivity contribution in [2.45, 2.75) is 6.54 Å². The molecule has 0 unspecified atom stereocenters. The van der Waals surface area contributed by atoms with Crippen molar-refractivity contribution in [1.29, 1.82) is 0 Å². The van der Waals surface area contributed by atoms with Crippen molar-refractivity contribution >= 4 is 50.2 Å². The minimum absolute atomic E-state index is 0.395. The van der Waals surface area contributed by atoms with Gasteiger partial charge in [-0.2, -0.15) is 0 Å². The van der Waals surface area contributed by atoms with E-state index in [1.165, 1.54) is 4.88 Å². The van der Waals surface area contributed by atoms with Gasteiger partial charge >= 0.3 is 0 Å². The predicted molar refractivity (Wildman–Crippen MR) is 84.3 cm³/mol. The third-order valence-corrected chi connectivity index (χ3v) is 4.39. The fourth-order valence-corrected chi connectivity index (χ4v) is 3.33. The molecular formula is C12H12BrN3S2. The molecule has 2 aromatic rings. The number of nitrogens with two attached hydrogens (primary N) is 1. The smallest absolute Gasteiger partial charge is 0.106 e. The Hall–Kier alpha value is -0.980. The second-order valence-electron chi connectivity index (χ2n) is 3.84. The van der Waals surface area contributed by atoms with Gasteiger partial charge in [-0.3, -0.25) is 4.98 Å². The number of aromatic nitrogens is 1. The van der Waals surface area contributed by atoms with E-state index in [2.05, 4.69) is 37.3 Å². The van der Waals surface area contributed by atoms with E-state index in [9.17, 15) is 0 Å². The second-order valence-corrected chi connectivity index (χ2v) is 6.20. The Kier molecular flexibility index (Phi) is 4.31. The number of thiophene rings is 1. The Morgan fingerprint density at radius 3 is 3.00 bits per heavy atom. The molecule has 0 aromatic carbocycles. The summed E-state index contributed by atoms with van der Waals surface area (Å²) in [6.07, 6.45) is 3.49. The summed E-state index contributed by atoms with van der Waals surface area (Å²) in [5, 5.41) is 2.07. The lowest BCUT2D eigenvalue weighted by atomic mass is 10.2. The highest BCUT2D eigenvalue weighted by Gasteiger charge is 2.10. The summed E-state index contributed by atoms with van der Waals surface area (Å²) in [4.78, 5) is 7.89. The zero-order valence-electron chi connectivity index (χ0n) is 9.76. The average molecular weight is 342 g/mol. The maximum Gasteiger partial charge on any atom is 0.106 e. The molecule has 2 aromatic heterocycles. The highest BCUT2D eigenvalue weighted by Crippen LogP contribution is 2.24. The Bertz CT molecular complexity index is 568. The van der Waals surface area contributed by atoms with E-state index in [0.29, 0.717) is 4.99 Å². The first-order valence-corrected chi connectivity index (χ1v) is 7.34. The van der Waals surface area contributed by atoms with Crippen LogP contribution in [0, 0.1) is 0 Å². The molecule has 6 heteroatoms. The molecule has 0 amide bonds. The van der Waals surface area contributed by atoms with Crippen molar-refractivity contribution in [3.05, 3.63) is 44.8 Å². The number of halogens is 1. The van der Waals surface area contributed by atoms with Gasteiger partial charge in [0.05, 0.1) is 18.4 Å². The van der Waals surface area contributed by atoms with Gasteiger partial charge in [0.1, 0.15) is 4.99 Å². The Labute approximate surface area is 124 Å². The first kappa shape index (κ1) is 13.5. The summed E-state index contributed by atoms with van der Waals surface area (Å²) in [7, 11) is 2.01. The van der Waals surface area contributed by atoms with Crippen LogP contribution in [-0.2, 0) is 6.54 Å². The zero-order chi connectivity index (χ0) is 13.1. The minimum Gasteiger partial charge on any atom is -0.389 e. The van der Waals surface area contributed by atoms with Crippen LogP contribution in [0.3, 0.4) is 0 Å². The van der Waals surface area contributed by atoms with Gasteiger partial charge in [-0.15, -0.1) is 11.3 Å². The molecule has 0 aliphatic carbocycles. The number of hydrogen-bond acceptors (Lipinski definition) is 4. The summed E-state index contributed by atoms with van der Waals surface area (Å²) >= 11 is 10.2. The van der Waals surface area contributed by atoms with Gasteiger partial charge in [-0.25, -0.2) is 0 Å². The van der Waals surface area contributed by atoms with E-state index >= 15 is 0 Å². The average Bonchev–Trinajstić information content (AvgIpc) is 2.74. The van der Waals surface area contributed by atoms with Crippen LogP contribution in [0.25, 0.3) is 0 Å². The van der Waals surface area contributed by atoms with Crippen LogP contribution < -0.4 is 10.6 Å². The van der Waals surface area contributed by atoms with Crippen LogP contribution in [0.4, 0.5) is 5.69 Å². The Balaban J connectivity index is 2.23. The maximum absolute atomic E-state index is 5.72. The van der Waals surface area contributed by atoms with Gasteiger partial charge in [-0.05, 0) is 28.1 Å². The number of rotatable bonds is 4. The summed E-state index contributed by atoms with van der Waals surface area (Å²) in [5.74, 6) is 0. The van der Waals surface area contributed by atoms with E-state index in [1.54, 1.807) is 23.7 Å². The molecule has 0 saturated heterocycles. The molecule has 0 fully saturated rings. The van der Waals surface area contributed by atoms with Crippen LogP contribution in [-0.4, -0.2) is 17.0 Å². The Morgan fingerprint density at radius 2 is 2.39 bits per heavy atom. The van der Waals surface area contributed by atoms with Crippen LogP contribution >= 0.6 is 39.5 Å². The van der Waals surface area contributed by atoms with Gasteiger partial charge in [0.25, 0.3) is 0 Å². The lowest BCUT2D eigenvalue weighted by Crippen LogP contribution is -2.21. The van der Waals surface area contributed by atoms with Gasteiger partial charge in [0, 0.05) is 33.5 Å². The zero-order valence-corrected chi connectivity index (χ0v) is 13.0. The highest BCUT2D eigenvalue weighted by molar-refractivity contribution is 9.10. The summed E-state index contributed by atoms with van der Waals surface area (Å²) in [6, 6.07) is 3.95. The molecule has 2 N–H and O–H groups in total. The van der Waals surface area contributed by atoms with Crippen LogP contribution in [0.2, 0.25) is 0 Å². The number of anilines is 1. The SMILES string of the molecule is CN(Cc1cc(Br)cs1)c1cnccc1C(N)=S. The fraction of sp³-hybridized carbons (Fsp3) is 0.167. The molecular weight excluding hydrogens is 330 g/mol. The summed E-state index contributed by atoms with van der Waals surface area (Å²) in [6.45, 7) is 0.803. The van der Waals surface area contributed by atoms with Crippen molar-refractivity contribution in [2.75, 3.05) is 11.9 Å². The Morgan fingerprint density at radius 1 is 1.61 bits per heavy atom. The van der Waals surface area contributed by atoms with Gasteiger partial charge < -0.3 is 10.6 Å². The third-order valence-electron chi connectivity index (χ3n) is 2.49. The molecule has 0 atom stereocenters. The quantitative estimate of drug-likeness (QED) is 0.867. The van der Waals surface area contributed by atoms with E-state index < -0.39 is 0 Å². The monoisotopic (exact) mass is 341 g/mol. The normalized spacial score (nSPS) is 10.3. The van der Waals surface area contributed by atoms with Crippen molar-refractivity contribution < 1.29 is 0 Å². The molecule has 0 spiro atoms. The number of hydrogen-bond donors (Lipinski definition) is 1. The first-order valence-electron chi connectivity index (χ1n) is 5.26. The van der Waals surface area contributed by atoms with Crippen molar-refractivity contribution in [3.8, 4) is 0 Å². The second kappa shape index (κ2) is 5.77. The van der Waals surface area contributed by atoms with Gasteiger partial charge in [0.15, 0.2) is 0 Å².